The number of anilines is 2. The first-order chi connectivity index (χ1) is 13.1. The summed E-state index contributed by atoms with van der Waals surface area (Å²) in [5.41, 5.74) is 0.853. The molecule has 1 aromatic carbocycles. The van der Waals surface area contributed by atoms with E-state index in [4.69, 9.17) is 4.42 Å². The second kappa shape index (κ2) is 7.53. The third-order valence-corrected chi connectivity index (χ3v) is 5.88. The van der Waals surface area contributed by atoms with Crippen LogP contribution in [0.25, 0.3) is 0 Å². The van der Waals surface area contributed by atoms with Gasteiger partial charge in [-0.05, 0) is 42.0 Å². The third-order valence-electron chi connectivity index (χ3n) is 4.26. The van der Waals surface area contributed by atoms with Crippen LogP contribution >= 0.6 is 23.1 Å². The first-order valence-corrected chi connectivity index (χ1v) is 10.4. The summed E-state index contributed by atoms with van der Waals surface area (Å²) in [4.78, 5) is 27.9. The highest BCUT2D eigenvalue weighted by atomic mass is 32.2. The highest BCUT2D eigenvalue weighted by Crippen LogP contribution is 2.32. The molecular formula is C18H16N4O3S2. The van der Waals surface area contributed by atoms with E-state index in [-0.39, 0.29) is 23.7 Å². The van der Waals surface area contributed by atoms with Gasteiger partial charge in [0.2, 0.25) is 11.8 Å². The Morgan fingerprint density at radius 3 is 2.81 bits per heavy atom. The molecule has 1 fully saturated rings. The Bertz CT molecular complexity index is 953. The molecule has 1 atom stereocenters. The van der Waals surface area contributed by atoms with E-state index >= 15 is 0 Å². The summed E-state index contributed by atoms with van der Waals surface area (Å²) in [7, 11) is 0. The molecule has 0 aliphatic carbocycles. The van der Waals surface area contributed by atoms with Gasteiger partial charge in [-0.25, -0.2) is 0 Å². The van der Waals surface area contributed by atoms with E-state index in [1.807, 2.05) is 35.9 Å². The maximum Gasteiger partial charge on any atom is 0.322 e. The summed E-state index contributed by atoms with van der Waals surface area (Å²) in [5, 5.41) is 12.3. The molecule has 138 valence electrons. The van der Waals surface area contributed by atoms with Crippen molar-refractivity contribution in [3.63, 3.8) is 0 Å². The van der Waals surface area contributed by atoms with Gasteiger partial charge in [0.1, 0.15) is 0 Å². The highest BCUT2D eigenvalue weighted by Gasteiger charge is 2.35. The minimum atomic E-state index is -0.293. The molecule has 0 saturated carbocycles. The zero-order chi connectivity index (χ0) is 18.8. The van der Waals surface area contributed by atoms with Gasteiger partial charge >= 0.3 is 6.01 Å². The van der Waals surface area contributed by atoms with Crippen molar-refractivity contribution in [2.24, 2.45) is 0 Å². The molecule has 3 aromatic rings. The first-order valence-electron chi connectivity index (χ1n) is 8.26. The fourth-order valence-electron chi connectivity index (χ4n) is 2.90. The number of hydrogen-bond acceptors (Lipinski definition) is 7. The van der Waals surface area contributed by atoms with Crippen molar-refractivity contribution in [3.05, 3.63) is 52.5 Å². The van der Waals surface area contributed by atoms with Crippen molar-refractivity contribution >= 4 is 46.6 Å². The summed E-state index contributed by atoms with van der Waals surface area (Å²) >= 11 is 2.98. The summed E-state index contributed by atoms with van der Waals surface area (Å²) in [5.74, 6) is -0.122. The van der Waals surface area contributed by atoms with E-state index in [0.717, 1.165) is 10.6 Å². The molecule has 3 heterocycles. The Labute approximate surface area is 163 Å². The van der Waals surface area contributed by atoms with Crippen molar-refractivity contribution in [1.29, 1.82) is 0 Å². The van der Waals surface area contributed by atoms with Crippen molar-refractivity contribution in [1.82, 2.24) is 10.2 Å². The zero-order valence-corrected chi connectivity index (χ0v) is 16.0. The largest absolute Gasteiger partial charge is 0.407 e. The number of carbonyl (C=O) groups is 2. The second-order valence-electron chi connectivity index (χ2n) is 5.98. The predicted octanol–water partition coefficient (Wildman–Crippen LogP) is 3.63. The van der Waals surface area contributed by atoms with Crippen LogP contribution in [0.3, 0.4) is 0 Å². The van der Waals surface area contributed by atoms with Gasteiger partial charge in [0.05, 0.1) is 10.8 Å². The molecule has 1 aliphatic rings. The molecule has 1 N–H and O–H groups in total. The van der Waals surface area contributed by atoms with E-state index in [0.29, 0.717) is 23.7 Å². The van der Waals surface area contributed by atoms with Crippen LogP contribution in [0.2, 0.25) is 0 Å². The van der Waals surface area contributed by atoms with Crippen molar-refractivity contribution < 1.29 is 14.0 Å². The van der Waals surface area contributed by atoms with E-state index in [1.54, 1.807) is 28.8 Å². The molecule has 4 rings (SSSR count). The molecular weight excluding hydrogens is 384 g/mol. The van der Waals surface area contributed by atoms with Crippen LogP contribution in [-0.2, 0) is 4.79 Å². The van der Waals surface area contributed by atoms with Crippen LogP contribution in [0.1, 0.15) is 27.9 Å². The molecule has 2 aromatic heterocycles. The summed E-state index contributed by atoms with van der Waals surface area (Å²) in [6, 6.07) is 11.4. The molecule has 1 aliphatic heterocycles. The van der Waals surface area contributed by atoms with Gasteiger partial charge in [0, 0.05) is 23.5 Å². The Morgan fingerprint density at radius 2 is 2.11 bits per heavy atom. The monoisotopic (exact) mass is 400 g/mol. The Kier molecular flexibility index (Phi) is 4.95. The Morgan fingerprint density at radius 1 is 1.30 bits per heavy atom. The number of thiophene rings is 1. The van der Waals surface area contributed by atoms with Gasteiger partial charge in [-0.2, -0.15) is 0 Å². The molecule has 1 saturated heterocycles. The average Bonchev–Trinajstić information content (AvgIpc) is 3.42. The van der Waals surface area contributed by atoms with Crippen LogP contribution < -0.4 is 10.2 Å². The number of thioether (sulfide) groups is 1. The molecule has 0 spiro atoms. The highest BCUT2D eigenvalue weighted by molar-refractivity contribution is 7.98. The van der Waals surface area contributed by atoms with Gasteiger partial charge in [-0.15, -0.1) is 28.2 Å². The molecule has 0 bridgehead atoms. The van der Waals surface area contributed by atoms with Gasteiger partial charge in [-0.1, -0.05) is 11.2 Å². The molecule has 9 heteroatoms. The lowest BCUT2D eigenvalue weighted by molar-refractivity contribution is -0.117. The number of nitrogens with zero attached hydrogens (tertiary/aromatic N) is 3. The minimum Gasteiger partial charge on any atom is -0.407 e. The third kappa shape index (κ3) is 3.74. The summed E-state index contributed by atoms with van der Waals surface area (Å²) < 4.78 is 5.57. The van der Waals surface area contributed by atoms with Gasteiger partial charge in [0.15, 0.2) is 0 Å². The van der Waals surface area contributed by atoms with Crippen molar-refractivity contribution in [2.75, 3.05) is 23.0 Å². The van der Waals surface area contributed by atoms with Crippen molar-refractivity contribution in [3.8, 4) is 0 Å². The van der Waals surface area contributed by atoms with Gasteiger partial charge < -0.3 is 9.32 Å². The maximum absolute atomic E-state index is 12.4. The quantitative estimate of drug-likeness (QED) is 0.658. The van der Waals surface area contributed by atoms with Gasteiger partial charge in [-0.3, -0.25) is 14.9 Å². The Balaban J connectivity index is 1.44. The SMILES string of the molecule is CSc1ccc(N2CC(c3nnc(NC(=O)c4cccs4)o3)CC2=O)cc1. The molecule has 0 radical (unpaired) electrons. The lowest BCUT2D eigenvalue weighted by atomic mass is 10.1. The van der Waals surface area contributed by atoms with Crippen LogP contribution in [0.15, 0.2) is 51.1 Å². The number of rotatable bonds is 5. The first kappa shape index (κ1) is 17.7. The zero-order valence-electron chi connectivity index (χ0n) is 14.4. The molecule has 7 nitrogen and oxygen atoms in total. The van der Waals surface area contributed by atoms with E-state index < -0.39 is 0 Å². The Hall–Kier alpha value is -2.65. The lowest BCUT2D eigenvalue weighted by Crippen LogP contribution is -2.24. The molecule has 27 heavy (non-hydrogen) atoms. The molecule has 1 unspecified atom stereocenters. The summed E-state index contributed by atoms with van der Waals surface area (Å²) in [6.45, 7) is 0.470. The van der Waals surface area contributed by atoms with E-state index in [1.165, 1.54) is 11.3 Å². The number of aromatic nitrogens is 2. The van der Waals surface area contributed by atoms with Gasteiger partial charge in [0.25, 0.3) is 5.91 Å². The number of benzene rings is 1. The average molecular weight is 400 g/mol. The van der Waals surface area contributed by atoms with Crippen LogP contribution in [0.4, 0.5) is 11.7 Å². The van der Waals surface area contributed by atoms with Crippen LogP contribution in [0, 0.1) is 0 Å². The van der Waals surface area contributed by atoms with Crippen LogP contribution in [-0.4, -0.2) is 34.8 Å². The standard InChI is InChI=1S/C18H16N4O3S2/c1-26-13-6-4-12(5-7-13)22-10-11(9-15(22)23)17-20-21-18(25-17)19-16(24)14-3-2-8-27-14/h2-8,11H,9-10H2,1H3,(H,19,21,24). The van der Waals surface area contributed by atoms with E-state index in [9.17, 15) is 9.59 Å². The summed E-state index contributed by atoms with van der Waals surface area (Å²) in [6.07, 6.45) is 2.31. The normalized spacial score (nSPS) is 16.7. The minimum absolute atomic E-state index is 0.0132. The van der Waals surface area contributed by atoms with Crippen LogP contribution in [0.5, 0.6) is 0 Å². The molecule has 2 amide bonds. The fourth-order valence-corrected chi connectivity index (χ4v) is 3.93. The fraction of sp³-hybridized carbons (Fsp3) is 0.222. The second-order valence-corrected chi connectivity index (χ2v) is 7.81. The number of amides is 2. The lowest BCUT2D eigenvalue weighted by Gasteiger charge is -2.16. The number of hydrogen-bond donors (Lipinski definition) is 1. The predicted molar refractivity (Wildman–Crippen MR) is 105 cm³/mol. The van der Waals surface area contributed by atoms with Crippen molar-refractivity contribution in [2.45, 2.75) is 17.2 Å². The smallest absolute Gasteiger partial charge is 0.322 e. The topological polar surface area (TPSA) is 88.3 Å². The van der Waals surface area contributed by atoms with E-state index in [2.05, 4.69) is 15.5 Å². The number of nitrogens with one attached hydrogen (secondary N) is 1. The maximum atomic E-state index is 12.4. The number of carbonyl (C=O) groups excluding carboxylic acids is 2.